The average molecular weight is 421 g/mol. The summed E-state index contributed by atoms with van der Waals surface area (Å²) in [5.41, 5.74) is 2.35. The molecule has 3 rings (SSSR count). The molecule has 0 aliphatic carbocycles. The van der Waals surface area contributed by atoms with Crippen molar-refractivity contribution in [1.82, 2.24) is 0 Å². The van der Waals surface area contributed by atoms with Crippen LogP contribution >= 0.6 is 22.6 Å². The summed E-state index contributed by atoms with van der Waals surface area (Å²) in [6, 6.07) is 12.7. The molecule has 0 atom stereocenters. The summed E-state index contributed by atoms with van der Waals surface area (Å²) < 4.78 is 5.76. The number of halogens is 1. The van der Waals surface area contributed by atoms with Crippen LogP contribution in [0.3, 0.4) is 0 Å². The fourth-order valence-electron chi connectivity index (χ4n) is 2.21. The molecule has 1 N–H and O–H groups in total. The van der Waals surface area contributed by atoms with Gasteiger partial charge >= 0.3 is 5.97 Å². The van der Waals surface area contributed by atoms with Crippen LogP contribution in [0.15, 0.2) is 53.2 Å². The highest BCUT2D eigenvalue weighted by Crippen LogP contribution is 2.33. The highest BCUT2D eigenvalue weighted by Gasteiger charge is 2.26. The molecular formula is C17H12INO4. The minimum atomic E-state index is -0.508. The van der Waals surface area contributed by atoms with Gasteiger partial charge < -0.3 is 14.7 Å². The van der Waals surface area contributed by atoms with Crippen LogP contribution in [-0.4, -0.2) is 23.9 Å². The van der Waals surface area contributed by atoms with Gasteiger partial charge in [0.05, 0.1) is 16.3 Å². The maximum Gasteiger partial charge on any atom is 0.368 e. The predicted molar refractivity (Wildman–Crippen MR) is 94.4 cm³/mol. The highest BCUT2D eigenvalue weighted by molar-refractivity contribution is 14.1. The minimum Gasteiger partial charge on any atom is -0.504 e. The van der Waals surface area contributed by atoms with Gasteiger partial charge in [0.15, 0.2) is 11.5 Å². The molecule has 0 radical (unpaired) electrons. The van der Waals surface area contributed by atoms with Gasteiger partial charge in [-0.05, 0) is 46.4 Å². The Morgan fingerprint density at radius 2 is 2.00 bits per heavy atom. The zero-order chi connectivity index (χ0) is 16.4. The molecule has 1 aliphatic rings. The largest absolute Gasteiger partial charge is 0.504 e. The fourth-order valence-corrected chi connectivity index (χ4v) is 2.84. The van der Waals surface area contributed by atoms with Crippen LogP contribution in [0.1, 0.15) is 11.1 Å². The van der Waals surface area contributed by atoms with Gasteiger partial charge in [-0.1, -0.05) is 35.5 Å². The quantitative estimate of drug-likeness (QED) is 0.469. The van der Waals surface area contributed by atoms with E-state index >= 15 is 0 Å². The third-order valence-electron chi connectivity index (χ3n) is 3.32. The van der Waals surface area contributed by atoms with Crippen LogP contribution in [0.4, 0.5) is 0 Å². The van der Waals surface area contributed by atoms with Gasteiger partial charge in [0, 0.05) is 5.56 Å². The lowest BCUT2D eigenvalue weighted by Gasteiger charge is -2.07. The number of benzene rings is 2. The molecule has 0 saturated heterocycles. The second-order valence-corrected chi connectivity index (χ2v) is 5.96. The Kier molecular flexibility index (Phi) is 4.33. The molecule has 23 heavy (non-hydrogen) atoms. The number of aromatic hydroxyl groups is 1. The van der Waals surface area contributed by atoms with Gasteiger partial charge in [0.1, 0.15) is 5.71 Å². The molecular weight excluding hydrogens is 409 g/mol. The first kappa shape index (κ1) is 15.5. The van der Waals surface area contributed by atoms with Crippen molar-refractivity contribution in [3.8, 4) is 11.5 Å². The number of hydrogen-bond acceptors (Lipinski definition) is 5. The number of methoxy groups -OCH3 is 1. The van der Waals surface area contributed by atoms with Crippen LogP contribution in [0, 0.1) is 3.57 Å². The van der Waals surface area contributed by atoms with Crippen molar-refractivity contribution in [3.63, 3.8) is 0 Å². The standard InChI is InChI=1S/C17H12INO4/c1-22-14-9-10(8-13(18)16(14)20)7-12-15(19-23-17(12)21)11-5-3-2-4-6-11/h2-9,20H,1H3/b12-7-. The lowest BCUT2D eigenvalue weighted by Crippen LogP contribution is -2.06. The number of phenolic OH excluding ortho intramolecular Hbond substituents is 1. The van der Waals surface area contributed by atoms with Crippen LogP contribution in [0.25, 0.3) is 6.08 Å². The topological polar surface area (TPSA) is 68.1 Å². The molecule has 0 fully saturated rings. The molecule has 0 aromatic heterocycles. The van der Waals surface area contributed by atoms with E-state index in [9.17, 15) is 9.90 Å². The maximum atomic E-state index is 12.0. The van der Waals surface area contributed by atoms with Gasteiger partial charge in [0.25, 0.3) is 0 Å². The Balaban J connectivity index is 2.06. The van der Waals surface area contributed by atoms with E-state index in [-0.39, 0.29) is 5.75 Å². The van der Waals surface area contributed by atoms with E-state index in [2.05, 4.69) is 5.16 Å². The number of carbonyl (C=O) groups excluding carboxylic acids is 1. The smallest absolute Gasteiger partial charge is 0.368 e. The van der Waals surface area contributed by atoms with E-state index in [0.717, 1.165) is 5.56 Å². The fraction of sp³-hybridized carbons (Fsp3) is 0.0588. The summed E-state index contributed by atoms with van der Waals surface area (Å²) in [6.45, 7) is 0. The molecule has 0 bridgehead atoms. The molecule has 1 heterocycles. The molecule has 0 saturated carbocycles. The van der Waals surface area contributed by atoms with Gasteiger partial charge in [0.2, 0.25) is 0 Å². The Labute approximate surface area is 146 Å². The minimum absolute atomic E-state index is 0.0706. The zero-order valence-electron chi connectivity index (χ0n) is 12.1. The SMILES string of the molecule is COc1cc(/C=C2\C(=O)ON=C2c2ccccc2)cc(I)c1O. The molecule has 2 aromatic rings. The lowest BCUT2D eigenvalue weighted by molar-refractivity contribution is -0.136. The Hall–Kier alpha value is -2.35. The first-order valence-electron chi connectivity index (χ1n) is 6.73. The summed E-state index contributed by atoms with van der Waals surface area (Å²) in [4.78, 5) is 16.8. The van der Waals surface area contributed by atoms with E-state index in [1.807, 2.05) is 52.9 Å². The molecule has 0 unspecified atom stereocenters. The Bertz CT molecular complexity index is 828. The Morgan fingerprint density at radius 1 is 1.26 bits per heavy atom. The van der Waals surface area contributed by atoms with E-state index in [0.29, 0.717) is 26.2 Å². The maximum absolute atomic E-state index is 12.0. The van der Waals surface area contributed by atoms with Crippen LogP contribution in [0.2, 0.25) is 0 Å². The predicted octanol–water partition coefficient (Wildman–Crippen LogP) is 3.35. The molecule has 0 spiro atoms. The second-order valence-electron chi connectivity index (χ2n) is 4.80. The normalized spacial score (nSPS) is 15.5. The first-order chi connectivity index (χ1) is 11.1. The third kappa shape index (κ3) is 3.07. The highest BCUT2D eigenvalue weighted by atomic mass is 127. The molecule has 1 aliphatic heterocycles. The van der Waals surface area contributed by atoms with Crippen molar-refractivity contribution >= 4 is 40.3 Å². The summed E-state index contributed by atoms with van der Waals surface area (Å²) in [5.74, 6) is -0.0968. The molecule has 6 heteroatoms. The van der Waals surface area contributed by atoms with Crippen molar-refractivity contribution in [2.75, 3.05) is 7.11 Å². The van der Waals surface area contributed by atoms with Gasteiger partial charge in [-0.25, -0.2) is 4.79 Å². The third-order valence-corrected chi connectivity index (χ3v) is 4.15. The van der Waals surface area contributed by atoms with Crippen LogP contribution in [-0.2, 0) is 9.63 Å². The number of ether oxygens (including phenoxy) is 1. The second kappa shape index (κ2) is 6.41. The molecule has 2 aromatic carbocycles. The summed E-state index contributed by atoms with van der Waals surface area (Å²) in [7, 11) is 1.47. The number of carbonyl (C=O) groups is 1. The number of nitrogens with zero attached hydrogens (tertiary/aromatic N) is 1. The van der Waals surface area contributed by atoms with E-state index < -0.39 is 5.97 Å². The summed E-state index contributed by atoms with van der Waals surface area (Å²) >= 11 is 2.00. The van der Waals surface area contributed by atoms with Crippen LogP contribution < -0.4 is 4.74 Å². The summed E-state index contributed by atoms with van der Waals surface area (Å²) in [5, 5.41) is 13.8. The Morgan fingerprint density at radius 3 is 2.70 bits per heavy atom. The average Bonchev–Trinajstić information content (AvgIpc) is 2.92. The van der Waals surface area contributed by atoms with Crippen molar-refractivity contribution < 1.29 is 19.5 Å². The van der Waals surface area contributed by atoms with Gasteiger partial charge in [-0.3, -0.25) is 0 Å². The monoisotopic (exact) mass is 421 g/mol. The van der Waals surface area contributed by atoms with Gasteiger partial charge in [-0.2, -0.15) is 0 Å². The molecule has 5 nitrogen and oxygen atoms in total. The molecule has 116 valence electrons. The summed E-state index contributed by atoms with van der Waals surface area (Å²) in [6.07, 6.45) is 1.67. The van der Waals surface area contributed by atoms with Crippen molar-refractivity contribution in [2.24, 2.45) is 5.16 Å². The van der Waals surface area contributed by atoms with E-state index in [1.54, 1.807) is 18.2 Å². The van der Waals surface area contributed by atoms with Gasteiger partial charge in [-0.15, -0.1) is 0 Å². The van der Waals surface area contributed by atoms with Crippen molar-refractivity contribution in [1.29, 1.82) is 0 Å². The number of oxime groups is 1. The number of hydrogen-bond donors (Lipinski definition) is 1. The number of rotatable bonds is 3. The first-order valence-corrected chi connectivity index (χ1v) is 7.81. The van der Waals surface area contributed by atoms with E-state index in [4.69, 9.17) is 9.57 Å². The van der Waals surface area contributed by atoms with E-state index in [1.165, 1.54) is 7.11 Å². The van der Waals surface area contributed by atoms with Crippen molar-refractivity contribution in [3.05, 3.63) is 62.7 Å². The zero-order valence-corrected chi connectivity index (χ0v) is 14.3. The van der Waals surface area contributed by atoms with Crippen molar-refractivity contribution in [2.45, 2.75) is 0 Å². The lowest BCUT2D eigenvalue weighted by atomic mass is 10.0. The van der Waals surface area contributed by atoms with Crippen LogP contribution in [0.5, 0.6) is 11.5 Å². The number of phenols is 1. The molecule has 0 amide bonds.